The van der Waals surface area contributed by atoms with Crippen LogP contribution in [0.5, 0.6) is 5.75 Å². The van der Waals surface area contributed by atoms with E-state index in [9.17, 15) is 9.59 Å². The third-order valence-corrected chi connectivity index (χ3v) is 5.40. The molecule has 2 fully saturated rings. The van der Waals surface area contributed by atoms with Crippen LogP contribution in [0, 0.1) is 11.3 Å². The summed E-state index contributed by atoms with van der Waals surface area (Å²) in [6.45, 7) is 4.68. The zero-order chi connectivity index (χ0) is 19.8. The van der Waals surface area contributed by atoms with E-state index >= 15 is 0 Å². The molecule has 1 aromatic carbocycles. The molecule has 2 heterocycles. The zero-order valence-electron chi connectivity index (χ0n) is 16.3. The summed E-state index contributed by atoms with van der Waals surface area (Å²) in [5.41, 5.74) is 0.423. The van der Waals surface area contributed by atoms with Gasteiger partial charge in [0.2, 0.25) is 5.91 Å². The van der Waals surface area contributed by atoms with Gasteiger partial charge in [0.1, 0.15) is 11.8 Å². The number of hydrogen-bond donors (Lipinski definition) is 0. The van der Waals surface area contributed by atoms with Crippen molar-refractivity contribution in [2.45, 2.75) is 25.7 Å². The number of para-hydroxylation sites is 1. The summed E-state index contributed by atoms with van der Waals surface area (Å²) in [7, 11) is 0. The summed E-state index contributed by atoms with van der Waals surface area (Å²) in [6.07, 6.45) is 4.63. The number of nitrogens with zero attached hydrogens (tertiary/aromatic N) is 4. The van der Waals surface area contributed by atoms with E-state index in [-0.39, 0.29) is 18.4 Å². The van der Waals surface area contributed by atoms with Crippen molar-refractivity contribution in [2.24, 2.45) is 0 Å². The summed E-state index contributed by atoms with van der Waals surface area (Å²) in [4.78, 5) is 30.8. The minimum absolute atomic E-state index is 0.0780. The van der Waals surface area contributed by atoms with Gasteiger partial charge in [-0.3, -0.25) is 14.5 Å². The Morgan fingerprint density at radius 3 is 2.21 bits per heavy atom. The number of carbonyl (C=O) groups is 2. The lowest BCUT2D eigenvalue weighted by Gasteiger charge is -2.35. The number of nitriles is 1. The monoisotopic (exact) mass is 384 g/mol. The van der Waals surface area contributed by atoms with Crippen LogP contribution < -0.4 is 4.74 Å². The van der Waals surface area contributed by atoms with E-state index < -0.39 is 0 Å². The predicted octanol–water partition coefficient (Wildman–Crippen LogP) is 1.48. The normalized spacial score (nSPS) is 18.2. The molecule has 28 heavy (non-hydrogen) atoms. The Kier molecular flexibility index (Phi) is 7.26. The molecule has 0 saturated carbocycles. The van der Waals surface area contributed by atoms with Crippen molar-refractivity contribution < 1.29 is 14.3 Å². The van der Waals surface area contributed by atoms with Crippen LogP contribution in [0.15, 0.2) is 24.3 Å². The standard InChI is InChI=1S/C21H28N4O3/c22-15-18-7-3-4-8-19(18)28-17-21(27)25-13-11-23(12-14-25)16-20(26)24-9-5-1-2-6-10-24/h3-4,7-8H,1-2,5-6,9-14,16-17H2. The van der Waals surface area contributed by atoms with Crippen molar-refractivity contribution in [1.29, 1.82) is 5.26 Å². The first-order valence-corrected chi connectivity index (χ1v) is 10.1. The molecule has 2 saturated heterocycles. The number of piperazine rings is 1. The molecule has 0 unspecified atom stereocenters. The fourth-order valence-electron chi connectivity index (χ4n) is 3.68. The zero-order valence-corrected chi connectivity index (χ0v) is 16.3. The van der Waals surface area contributed by atoms with Crippen molar-refractivity contribution in [3.8, 4) is 11.8 Å². The van der Waals surface area contributed by atoms with E-state index in [2.05, 4.69) is 11.0 Å². The van der Waals surface area contributed by atoms with E-state index in [0.717, 1.165) is 25.9 Å². The van der Waals surface area contributed by atoms with Crippen LogP contribution in [0.2, 0.25) is 0 Å². The van der Waals surface area contributed by atoms with Gasteiger partial charge < -0.3 is 14.5 Å². The third kappa shape index (κ3) is 5.46. The van der Waals surface area contributed by atoms with Crippen molar-refractivity contribution in [3.63, 3.8) is 0 Å². The highest BCUT2D eigenvalue weighted by Gasteiger charge is 2.24. The van der Waals surface area contributed by atoms with Gasteiger partial charge in [-0.2, -0.15) is 5.26 Å². The Balaban J connectivity index is 1.41. The van der Waals surface area contributed by atoms with Crippen LogP contribution in [0.25, 0.3) is 0 Å². The summed E-state index contributed by atoms with van der Waals surface area (Å²) in [5.74, 6) is 0.546. The topological polar surface area (TPSA) is 76.9 Å². The summed E-state index contributed by atoms with van der Waals surface area (Å²) in [5, 5.41) is 9.08. The minimum atomic E-state index is -0.0914. The molecular weight excluding hydrogens is 356 g/mol. The molecule has 2 aliphatic heterocycles. The largest absolute Gasteiger partial charge is 0.482 e. The van der Waals surface area contributed by atoms with Gasteiger partial charge in [0, 0.05) is 39.3 Å². The fraction of sp³-hybridized carbons (Fsp3) is 0.571. The number of likely N-dealkylation sites (tertiary alicyclic amines) is 1. The number of hydrogen-bond acceptors (Lipinski definition) is 5. The van der Waals surface area contributed by atoms with E-state index in [1.54, 1.807) is 29.2 Å². The summed E-state index contributed by atoms with van der Waals surface area (Å²) < 4.78 is 5.54. The molecule has 2 amide bonds. The molecule has 7 nitrogen and oxygen atoms in total. The average molecular weight is 384 g/mol. The first-order chi connectivity index (χ1) is 13.7. The Hall–Kier alpha value is -2.59. The van der Waals surface area contributed by atoms with E-state index in [1.165, 1.54) is 12.8 Å². The van der Waals surface area contributed by atoms with Crippen molar-refractivity contribution in [3.05, 3.63) is 29.8 Å². The molecule has 0 N–H and O–H groups in total. The Bertz CT molecular complexity index is 715. The number of carbonyl (C=O) groups excluding carboxylic acids is 2. The molecule has 0 bridgehead atoms. The Labute approximate surface area is 166 Å². The number of benzene rings is 1. The van der Waals surface area contributed by atoms with E-state index in [1.807, 2.05) is 4.90 Å². The highest BCUT2D eigenvalue weighted by molar-refractivity contribution is 5.79. The molecule has 0 radical (unpaired) electrons. The maximum atomic E-state index is 12.5. The average Bonchev–Trinajstić information content (AvgIpc) is 3.02. The van der Waals surface area contributed by atoms with E-state index in [4.69, 9.17) is 10.00 Å². The second-order valence-corrected chi connectivity index (χ2v) is 7.35. The summed E-state index contributed by atoms with van der Waals surface area (Å²) >= 11 is 0. The molecule has 1 aromatic rings. The first-order valence-electron chi connectivity index (χ1n) is 10.1. The van der Waals surface area contributed by atoms with Gasteiger partial charge in [0.15, 0.2) is 6.61 Å². The second kappa shape index (κ2) is 10.1. The van der Waals surface area contributed by atoms with Gasteiger partial charge in [-0.05, 0) is 25.0 Å². The quantitative estimate of drug-likeness (QED) is 0.769. The summed E-state index contributed by atoms with van der Waals surface area (Å²) in [6, 6.07) is 8.96. The minimum Gasteiger partial charge on any atom is -0.482 e. The van der Waals surface area contributed by atoms with Crippen LogP contribution in [0.1, 0.15) is 31.2 Å². The number of rotatable bonds is 5. The second-order valence-electron chi connectivity index (χ2n) is 7.35. The smallest absolute Gasteiger partial charge is 0.260 e. The lowest BCUT2D eigenvalue weighted by molar-refractivity contribution is -0.136. The van der Waals surface area contributed by atoms with Crippen molar-refractivity contribution in [2.75, 3.05) is 52.4 Å². The van der Waals surface area contributed by atoms with Gasteiger partial charge in [-0.15, -0.1) is 0 Å². The molecule has 7 heteroatoms. The number of ether oxygens (including phenoxy) is 1. The fourth-order valence-corrected chi connectivity index (χ4v) is 3.68. The van der Waals surface area contributed by atoms with Crippen LogP contribution >= 0.6 is 0 Å². The molecule has 0 aromatic heterocycles. The van der Waals surface area contributed by atoms with Gasteiger partial charge >= 0.3 is 0 Å². The Morgan fingerprint density at radius 1 is 0.893 bits per heavy atom. The molecule has 0 atom stereocenters. The molecule has 0 aliphatic carbocycles. The highest BCUT2D eigenvalue weighted by Crippen LogP contribution is 2.17. The number of amides is 2. The molecular formula is C21H28N4O3. The van der Waals surface area contributed by atoms with Crippen molar-refractivity contribution in [1.82, 2.24) is 14.7 Å². The maximum Gasteiger partial charge on any atom is 0.260 e. The Morgan fingerprint density at radius 2 is 1.54 bits per heavy atom. The predicted molar refractivity (Wildman–Crippen MR) is 105 cm³/mol. The van der Waals surface area contributed by atoms with Gasteiger partial charge in [-0.1, -0.05) is 25.0 Å². The first kappa shape index (κ1) is 20.2. The molecule has 150 valence electrons. The molecule has 2 aliphatic rings. The van der Waals surface area contributed by atoms with Crippen LogP contribution in [0.3, 0.4) is 0 Å². The highest BCUT2D eigenvalue weighted by atomic mass is 16.5. The van der Waals surface area contributed by atoms with Crippen LogP contribution in [0.4, 0.5) is 0 Å². The molecule has 3 rings (SSSR count). The lowest BCUT2D eigenvalue weighted by Crippen LogP contribution is -2.52. The van der Waals surface area contributed by atoms with Crippen LogP contribution in [-0.2, 0) is 9.59 Å². The van der Waals surface area contributed by atoms with Gasteiger partial charge in [-0.25, -0.2) is 0 Å². The lowest BCUT2D eigenvalue weighted by atomic mass is 10.2. The SMILES string of the molecule is N#Cc1ccccc1OCC(=O)N1CCN(CC(=O)N2CCCCCC2)CC1. The van der Waals surface area contributed by atoms with Gasteiger partial charge in [0.25, 0.3) is 5.91 Å². The van der Waals surface area contributed by atoms with E-state index in [0.29, 0.717) is 44.0 Å². The maximum absolute atomic E-state index is 12.5. The van der Waals surface area contributed by atoms with Crippen LogP contribution in [-0.4, -0.2) is 78.9 Å². The van der Waals surface area contributed by atoms with Gasteiger partial charge in [0.05, 0.1) is 12.1 Å². The van der Waals surface area contributed by atoms with Crippen molar-refractivity contribution >= 4 is 11.8 Å². The third-order valence-electron chi connectivity index (χ3n) is 5.40. The molecule has 0 spiro atoms.